The lowest BCUT2D eigenvalue weighted by molar-refractivity contribution is -0.385. The summed E-state index contributed by atoms with van der Waals surface area (Å²) in [5.74, 6) is -0.114. The van der Waals surface area contributed by atoms with Gasteiger partial charge in [0.2, 0.25) is 5.82 Å². The molecule has 0 aliphatic heterocycles. The molecule has 0 saturated carbocycles. The van der Waals surface area contributed by atoms with Crippen LogP contribution in [0.5, 0.6) is 17.4 Å². The van der Waals surface area contributed by atoms with E-state index in [1.807, 2.05) is 26.0 Å². The van der Waals surface area contributed by atoms with Crippen LogP contribution in [0.3, 0.4) is 0 Å². The predicted octanol–water partition coefficient (Wildman–Crippen LogP) is 3.32. The zero-order valence-corrected chi connectivity index (χ0v) is 16.3. The molecule has 0 radical (unpaired) electrons. The number of rotatable bonds is 8. The molecular formula is C20H19N5O5. The maximum absolute atomic E-state index is 12.0. The predicted molar refractivity (Wildman–Crippen MR) is 108 cm³/mol. The van der Waals surface area contributed by atoms with E-state index in [0.29, 0.717) is 11.5 Å². The van der Waals surface area contributed by atoms with Gasteiger partial charge in [0, 0.05) is 0 Å². The van der Waals surface area contributed by atoms with Gasteiger partial charge in [0.15, 0.2) is 6.61 Å². The molecule has 0 saturated heterocycles. The van der Waals surface area contributed by atoms with E-state index in [2.05, 4.69) is 20.8 Å². The van der Waals surface area contributed by atoms with E-state index in [1.54, 1.807) is 36.4 Å². The minimum atomic E-state index is -0.689. The van der Waals surface area contributed by atoms with Crippen LogP contribution < -0.4 is 20.3 Å². The SMILES string of the molecule is Cc1ccc(Oc2ncnc(NNC(=O)COc3ccccc3)c2[N+](=O)[O-])cc1C. The van der Waals surface area contributed by atoms with Crippen molar-refractivity contribution < 1.29 is 19.2 Å². The number of nitrogens with zero attached hydrogens (tertiary/aromatic N) is 3. The zero-order valence-electron chi connectivity index (χ0n) is 16.3. The van der Waals surface area contributed by atoms with Crippen molar-refractivity contribution in [3.8, 4) is 17.4 Å². The second-order valence-corrected chi connectivity index (χ2v) is 6.26. The third-order valence-electron chi connectivity index (χ3n) is 4.10. The maximum Gasteiger partial charge on any atom is 0.374 e. The van der Waals surface area contributed by atoms with Gasteiger partial charge in [-0.15, -0.1) is 0 Å². The summed E-state index contributed by atoms with van der Waals surface area (Å²) in [5.41, 5.74) is 6.24. The molecule has 154 valence electrons. The molecule has 0 unspecified atom stereocenters. The number of aromatic nitrogens is 2. The number of hydrogen-bond donors (Lipinski definition) is 2. The molecular weight excluding hydrogens is 390 g/mol. The van der Waals surface area contributed by atoms with E-state index in [0.717, 1.165) is 17.5 Å². The van der Waals surface area contributed by atoms with Gasteiger partial charge in [0.1, 0.15) is 17.8 Å². The largest absolute Gasteiger partial charge is 0.484 e. The fourth-order valence-corrected chi connectivity index (χ4v) is 2.41. The molecule has 3 rings (SSSR count). The van der Waals surface area contributed by atoms with E-state index >= 15 is 0 Å². The van der Waals surface area contributed by atoms with E-state index in [9.17, 15) is 14.9 Å². The minimum absolute atomic E-state index is 0.220. The zero-order chi connectivity index (χ0) is 21.5. The smallest absolute Gasteiger partial charge is 0.374 e. The molecule has 10 heteroatoms. The number of ether oxygens (including phenoxy) is 2. The Kier molecular flexibility index (Phi) is 6.38. The second kappa shape index (κ2) is 9.32. The third-order valence-corrected chi connectivity index (χ3v) is 4.10. The van der Waals surface area contributed by atoms with Crippen molar-refractivity contribution in [2.45, 2.75) is 13.8 Å². The molecule has 0 bridgehead atoms. The Morgan fingerprint density at radius 1 is 1.07 bits per heavy atom. The lowest BCUT2D eigenvalue weighted by Gasteiger charge is -2.11. The van der Waals surface area contributed by atoms with Crippen LogP contribution in [0.2, 0.25) is 0 Å². The quantitative estimate of drug-likeness (QED) is 0.428. The number of hydrogen-bond acceptors (Lipinski definition) is 8. The van der Waals surface area contributed by atoms with Gasteiger partial charge >= 0.3 is 11.6 Å². The first-order valence-corrected chi connectivity index (χ1v) is 8.91. The summed E-state index contributed by atoms with van der Waals surface area (Å²) < 4.78 is 10.9. The van der Waals surface area contributed by atoms with Crippen molar-refractivity contribution >= 4 is 17.4 Å². The Morgan fingerprint density at radius 3 is 2.53 bits per heavy atom. The van der Waals surface area contributed by atoms with Crippen LogP contribution in [0.1, 0.15) is 11.1 Å². The molecule has 0 fully saturated rings. The number of carbonyl (C=O) groups excluding carboxylic acids is 1. The normalized spacial score (nSPS) is 10.2. The molecule has 1 amide bonds. The van der Waals surface area contributed by atoms with Crippen LogP contribution in [0.25, 0.3) is 0 Å². The molecule has 2 aromatic carbocycles. The van der Waals surface area contributed by atoms with Crippen LogP contribution in [-0.4, -0.2) is 27.4 Å². The van der Waals surface area contributed by atoms with Gasteiger partial charge in [0.25, 0.3) is 5.91 Å². The molecule has 0 aliphatic carbocycles. The summed E-state index contributed by atoms with van der Waals surface area (Å²) in [6.45, 7) is 3.55. The highest BCUT2D eigenvalue weighted by Crippen LogP contribution is 2.34. The first-order chi connectivity index (χ1) is 14.4. The molecule has 3 aromatic rings. The Bertz CT molecular complexity index is 1060. The summed E-state index contributed by atoms with van der Waals surface area (Å²) >= 11 is 0. The number of carbonyl (C=O) groups is 1. The van der Waals surface area contributed by atoms with Crippen molar-refractivity contribution in [1.82, 2.24) is 15.4 Å². The van der Waals surface area contributed by atoms with Gasteiger partial charge in [-0.1, -0.05) is 24.3 Å². The molecule has 1 heterocycles. The third kappa shape index (κ3) is 5.19. The van der Waals surface area contributed by atoms with Gasteiger partial charge in [-0.25, -0.2) is 4.98 Å². The monoisotopic (exact) mass is 409 g/mol. The van der Waals surface area contributed by atoms with Gasteiger partial charge in [0.05, 0.1) is 4.92 Å². The molecule has 0 spiro atoms. The Hall–Kier alpha value is -4.21. The van der Waals surface area contributed by atoms with Crippen LogP contribution in [0.15, 0.2) is 54.9 Å². The number of nitro groups is 1. The first kappa shape index (κ1) is 20.5. The number of hydrazine groups is 1. The number of aryl methyl sites for hydroxylation is 2. The van der Waals surface area contributed by atoms with Crippen LogP contribution in [0.4, 0.5) is 11.5 Å². The Labute approximate surface area is 172 Å². The van der Waals surface area contributed by atoms with Crippen molar-refractivity contribution in [2.75, 3.05) is 12.0 Å². The van der Waals surface area contributed by atoms with Crippen LogP contribution in [0, 0.1) is 24.0 Å². The standard InChI is InChI=1S/C20H19N5O5/c1-13-8-9-16(10-14(13)2)30-20-18(25(27)28)19(21-12-22-20)24-23-17(26)11-29-15-6-4-3-5-7-15/h3-10,12H,11H2,1-2H3,(H,23,26)(H,21,22,24). The fraction of sp³-hybridized carbons (Fsp3) is 0.150. The first-order valence-electron chi connectivity index (χ1n) is 8.91. The number of para-hydroxylation sites is 1. The number of amides is 1. The Morgan fingerprint density at radius 2 is 1.83 bits per heavy atom. The fourth-order valence-electron chi connectivity index (χ4n) is 2.41. The van der Waals surface area contributed by atoms with Gasteiger partial charge in [-0.05, 0) is 49.2 Å². The van der Waals surface area contributed by atoms with Gasteiger partial charge in [-0.2, -0.15) is 4.98 Å². The van der Waals surface area contributed by atoms with Crippen LogP contribution in [-0.2, 0) is 4.79 Å². The molecule has 0 aliphatic rings. The van der Waals surface area contributed by atoms with Crippen LogP contribution >= 0.6 is 0 Å². The van der Waals surface area contributed by atoms with Crippen molar-refractivity contribution in [1.29, 1.82) is 0 Å². The summed E-state index contributed by atoms with van der Waals surface area (Å²) in [7, 11) is 0. The molecule has 1 aromatic heterocycles. The number of benzene rings is 2. The maximum atomic E-state index is 12.0. The van der Waals surface area contributed by atoms with E-state index in [-0.39, 0.29) is 18.3 Å². The van der Waals surface area contributed by atoms with Crippen molar-refractivity contribution in [3.63, 3.8) is 0 Å². The summed E-state index contributed by atoms with van der Waals surface area (Å²) in [4.78, 5) is 30.5. The molecule has 10 nitrogen and oxygen atoms in total. The highest BCUT2D eigenvalue weighted by molar-refractivity contribution is 5.79. The number of anilines is 1. The lowest BCUT2D eigenvalue weighted by Crippen LogP contribution is -2.34. The number of nitrogens with one attached hydrogen (secondary N) is 2. The van der Waals surface area contributed by atoms with Gasteiger partial charge in [-0.3, -0.25) is 25.8 Å². The Balaban J connectivity index is 1.70. The molecule has 0 atom stereocenters. The summed E-state index contributed by atoms with van der Waals surface area (Å²) in [6, 6.07) is 14.0. The van der Waals surface area contributed by atoms with E-state index in [1.165, 1.54) is 0 Å². The highest BCUT2D eigenvalue weighted by Gasteiger charge is 2.25. The average Bonchev–Trinajstić information content (AvgIpc) is 2.74. The average molecular weight is 409 g/mol. The second-order valence-electron chi connectivity index (χ2n) is 6.26. The topological polar surface area (TPSA) is 129 Å². The van der Waals surface area contributed by atoms with E-state index in [4.69, 9.17) is 9.47 Å². The van der Waals surface area contributed by atoms with Gasteiger partial charge < -0.3 is 9.47 Å². The highest BCUT2D eigenvalue weighted by atomic mass is 16.6. The summed E-state index contributed by atoms with van der Waals surface area (Å²) in [6.07, 6.45) is 1.10. The molecule has 2 N–H and O–H groups in total. The molecule has 30 heavy (non-hydrogen) atoms. The summed E-state index contributed by atoms with van der Waals surface area (Å²) in [5, 5.41) is 11.6. The van der Waals surface area contributed by atoms with E-state index < -0.39 is 16.5 Å². The minimum Gasteiger partial charge on any atom is -0.484 e. The lowest BCUT2D eigenvalue weighted by atomic mass is 10.1. The van der Waals surface area contributed by atoms with Crippen molar-refractivity contribution in [2.24, 2.45) is 0 Å². The van der Waals surface area contributed by atoms with Crippen molar-refractivity contribution in [3.05, 3.63) is 76.1 Å².